The van der Waals surface area contributed by atoms with E-state index in [9.17, 15) is 17.6 Å². The maximum Gasteiger partial charge on any atom is 0.159 e. The monoisotopic (exact) mass is 273 g/mol. The summed E-state index contributed by atoms with van der Waals surface area (Å²) < 4.78 is 52.6. The summed E-state index contributed by atoms with van der Waals surface area (Å²) in [5.41, 5.74) is 5.22. The van der Waals surface area contributed by atoms with E-state index in [2.05, 4.69) is 0 Å². The van der Waals surface area contributed by atoms with E-state index >= 15 is 0 Å². The first-order valence-electron chi connectivity index (χ1n) is 4.85. The van der Waals surface area contributed by atoms with Crippen molar-refractivity contribution in [1.82, 2.24) is 0 Å². The Morgan fingerprint density at radius 1 is 0.778 bits per heavy atom. The van der Waals surface area contributed by atoms with Gasteiger partial charge in [0.25, 0.3) is 0 Å². The molecule has 2 rings (SSSR count). The van der Waals surface area contributed by atoms with Crippen LogP contribution in [0.3, 0.4) is 0 Å². The number of rotatable bonds is 2. The summed E-state index contributed by atoms with van der Waals surface area (Å²) in [6, 6.07) is 4.93. The Morgan fingerprint density at radius 2 is 1.39 bits per heavy atom. The van der Waals surface area contributed by atoms with Crippen molar-refractivity contribution in [2.45, 2.75) is 9.79 Å². The normalized spacial score (nSPS) is 10.7. The van der Waals surface area contributed by atoms with Gasteiger partial charge in [-0.1, -0.05) is 11.8 Å². The Balaban J connectivity index is 2.37. The Hall–Kier alpha value is -1.69. The summed E-state index contributed by atoms with van der Waals surface area (Å²) in [4.78, 5) is -0.119. The molecule has 0 amide bonds. The van der Waals surface area contributed by atoms with Gasteiger partial charge in [-0.05, 0) is 30.3 Å². The van der Waals surface area contributed by atoms with E-state index in [1.807, 2.05) is 0 Å². The molecule has 0 fully saturated rings. The SMILES string of the molecule is Nc1cc(F)c(Sc2ccc(F)c(F)c2)c(F)c1. The van der Waals surface area contributed by atoms with Crippen LogP contribution in [0, 0.1) is 23.3 Å². The van der Waals surface area contributed by atoms with Crippen LogP contribution in [0.2, 0.25) is 0 Å². The van der Waals surface area contributed by atoms with Gasteiger partial charge in [-0.15, -0.1) is 0 Å². The van der Waals surface area contributed by atoms with E-state index in [1.54, 1.807) is 0 Å². The van der Waals surface area contributed by atoms with Gasteiger partial charge in [-0.3, -0.25) is 0 Å². The average Bonchev–Trinajstić information content (AvgIpc) is 2.28. The molecule has 0 atom stereocenters. The van der Waals surface area contributed by atoms with Crippen molar-refractivity contribution >= 4 is 17.4 Å². The van der Waals surface area contributed by atoms with Crippen molar-refractivity contribution in [2.24, 2.45) is 0 Å². The molecule has 0 aromatic heterocycles. The summed E-state index contributed by atoms with van der Waals surface area (Å²) in [6.45, 7) is 0. The molecule has 0 spiro atoms. The fraction of sp³-hybridized carbons (Fsp3) is 0. The molecule has 94 valence electrons. The fourth-order valence-corrected chi connectivity index (χ4v) is 2.18. The summed E-state index contributed by atoms with van der Waals surface area (Å²) >= 11 is 0.660. The second-order valence-corrected chi connectivity index (χ2v) is 4.58. The van der Waals surface area contributed by atoms with Crippen LogP contribution in [-0.4, -0.2) is 0 Å². The summed E-state index contributed by atoms with van der Waals surface area (Å²) in [5.74, 6) is -3.78. The van der Waals surface area contributed by atoms with Crippen LogP contribution in [0.15, 0.2) is 40.1 Å². The number of hydrogen-bond acceptors (Lipinski definition) is 2. The Labute approximate surface area is 105 Å². The molecule has 6 heteroatoms. The van der Waals surface area contributed by atoms with Crippen molar-refractivity contribution in [2.75, 3.05) is 5.73 Å². The highest BCUT2D eigenvalue weighted by atomic mass is 32.2. The molecule has 0 saturated heterocycles. The molecule has 2 aromatic carbocycles. The van der Waals surface area contributed by atoms with E-state index in [0.29, 0.717) is 11.8 Å². The van der Waals surface area contributed by atoms with Crippen LogP contribution < -0.4 is 5.73 Å². The zero-order valence-electron chi connectivity index (χ0n) is 8.88. The molecular formula is C12H7F4NS. The van der Waals surface area contributed by atoms with Gasteiger partial charge in [0.05, 0.1) is 4.90 Å². The highest BCUT2D eigenvalue weighted by Gasteiger charge is 2.13. The number of nitrogen functional groups attached to an aromatic ring is 1. The Morgan fingerprint density at radius 3 is 1.94 bits per heavy atom. The van der Waals surface area contributed by atoms with Gasteiger partial charge in [0.1, 0.15) is 11.6 Å². The number of nitrogens with two attached hydrogens (primary N) is 1. The van der Waals surface area contributed by atoms with Gasteiger partial charge in [0.15, 0.2) is 11.6 Å². The van der Waals surface area contributed by atoms with Gasteiger partial charge in [-0.2, -0.15) is 0 Å². The summed E-state index contributed by atoms with van der Waals surface area (Å²) in [7, 11) is 0. The average molecular weight is 273 g/mol. The van der Waals surface area contributed by atoms with Crippen molar-refractivity contribution in [3.05, 3.63) is 53.6 Å². The van der Waals surface area contributed by atoms with Crippen molar-refractivity contribution in [3.8, 4) is 0 Å². The molecule has 0 heterocycles. The lowest BCUT2D eigenvalue weighted by molar-refractivity contribution is 0.505. The minimum absolute atomic E-state index is 0.0420. The zero-order chi connectivity index (χ0) is 13.3. The Kier molecular flexibility index (Phi) is 3.47. The lowest BCUT2D eigenvalue weighted by atomic mass is 10.3. The van der Waals surface area contributed by atoms with Gasteiger partial charge in [-0.25, -0.2) is 17.6 Å². The quantitative estimate of drug-likeness (QED) is 0.661. The third-order valence-corrected chi connectivity index (χ3v) is 3.22. The molecule has 0 bridgehead atoms. The number of benzene rings is 2. The smallest absolute Gasteiger partial charge is 0.159 e. The van der Waals surface area contributed by atoms with Gasteiger partial charge < -0.3 is 5.73 Å². The molecule has 0 radical (unpaired) electrons. The van der Waals surface area contributed by atoms with Crippen LogP contribution in [0.25, 0.3) is 0 Å². The molecule has 1 nitrogen and oxygen atoms in total. The standard InChI is InChI=1S/C12H7F4NS/c13-8-2-1-7(5-9(8)14)18-12-10(15)3-6(17)4-11(12)16/h1-5H,17H2. The first kappa shape index (κ1) is 12.8. The second-order valence-electron chi connectivity index (χ2n) is 3.49. The van der Waals surface area contributed by atoms with Crippen LogP contribution in [0.5, 0.6) is 0 Å². The van der Waals surface area contributed by atoms with Crippen molar-refractivity contribution in [1.29, 1.82) is 0 Å². The first-order chi connectivity index (χ1) is 8.47. The lowest BCUT2D eigenvalue weighted by Crippen LogP contribution is -1.93. The number of anilines is 1. The minimum Gasteiger partial charge on any atom is -0.399 e. The lowest BCUT2D eigenvalue weighted by Gasteiger charge is -2.06. The molecule has 0 aliphatic carbocycles. The molecule has 2 aromatic rings. The van der Waals surface area contributed by atoms with Gasteiger partial charge in [0.2, 0.25) is 0 Å². The highest BCUT2D eigenvalue weighted by Crippen LogP contribution is 2.33. The topological polar surface area (TPSA) is 26.0 Å². The molecule has 2 N–H and O–H groups in total. The molecule has 0 aliphatic rings. The van der Waals surface area contributed by atoms with E-state index in [0.717, 1.165) is 24.3 Å². The van der Waals surface area contributed by atoms with E-state index in [-0.39, 0.29) is 15.5 Å². The summed E-state index contributed by atoms with van der Waals surface area (Å²) in [6.07, 6.45) is 0. The summed E-state index contributed by atoms with van der Waals surface area (Å²) in [5, 5.41) is 0. The predicted molar refractivity (Wildman–Crippen MR) is 61.3 cm³/mol. The highest BCUT2D eigenvalue weighted by molar-refractivity contribution is 7.99. The van der Waals surface area contributed by atoms with Crippen LogP contribution in [0.4, 0.5) is 23.2 Å². The largest absolute Gasteiger partial charge is 0.399 e. The minimum atomic E-state index is -1.07. The van der Waals surface area contributed by atoms with Crippen molar-refractivity contribution < 1.29 is 17.6 Å². The molecule has 18 heavy (non-hydrogen) atoms. The molecule has 0 aliphatic heterocycles. The van der Waals surface area contributed by atoms with Crippen molar-refractivity contribution in [3.63, 3.8) is 0 Å². The maximum absolute atomic E-state index is 13.5. The predicted octanol–water partition coefficient (Wildman–Crippen LogP) is 3.98. The van der Waals surface area contributed by atoms with Gasteiger partial charge >= 0.3 is 0 Å². The van der Waals surface area contributed by atoms with Crippen LogP contribution >= 0.6 is 11.8 Å². The zero-order valence-corrected chi connectivity index (χ0v) is 9.70. The van der Waals surface area contributed by atoms with Crippen LogP contribution in [0.1, 0.15) is 0 Å². The van der Waals surface area contributed by atoms with E-state index in [4.69, 9.17) is 5.73 Å². The number of hydrogen-bond donors (Lipinski definition) is 1. The third-order valence-electron chi connectivity index (χ3n) is 2.13. The molecule has 0 unspecified atom stereocenters. The molecule has 0 saturated carbocycles. The van der Waals surface area contributed by atoms with Gasteiger partial charge in [0, 0.05) is 10.6 Å². The Bertz CT molecular complexity index is 578. The number of halogens is 4. The second kappa shape index (κ2) is 4.89. The maximum atomic E-state index is 13.5. The third kappa shape index (κ3) is 2.59. The van der Waals surface area contributed by atoms with Crippen LogP contribution in [-0.2, 0) is 0 Å². The first-order valence-corrected chi connectivity index (χ1v) is 5.66. The van der Waals surface area contributed by atoms with E-state index in [1.165, 1.54) is 6.07 Å². The fourth-order valence-electron chi connectivity index (χ4n) is 1.34. The van der Waals surface area contributed by atoms with E-state index < -0.39 is 23.3 Å². The molecular weight excluding hydrogens is 266 g/mol.